The van der Waals surface area contributed by atoms with Crippen LogP contribution in [-0.4, -0.2) is 50.7 Å². The van der Waals surface area contributed by atoms with E-state index in [1.54, 1.807) is 30.3 Å². The molecule has 3 aromatic rings. The molecule has 2 aliphatic rings. The molecule has 9 nitrogen and oxygen atoms in total. The summed E-state index contributed by atoms with van der Waals surface area (Å²) >= 11 is 0. The Morgan fingerprint density at radius 2 is 1.93 bits per heavy atom. The molecule has 154 valence electrons. The van der Waals surface area contributed by atoms with Crippen LogP contribution in [0.1, 0.15) is 34.3 Å². The number of hydrogen-bond donors (Lipinski definition) is 2. The Bertz CT molecular complexity index is 1080. The molecule has 1 fully saturated rings. The quantitative estimate of drug-likeness (QED) is 0.655. The van der Waals surface area contributed by atoms with Gasteiger partial charge in [0.15, 0.2) is 11.5 Å². The van der Waals surface area contributed by atoms with Gasteiger partial charge in [-0.3, -0.25) is 4.90 Å². The molecule has 0 saturated carbocycles. The number of β-amino-alcohol motifs (C(OH)–C–C–N with tert-alkyl or cyclic N) is 1. The van der Waals surface area contributed by atoms with Crippen LogP contribution in [0.25, 0.3) is 11.4 Å². The first-order valence-corrected chi connectivity index (χ1v) is 9.55. The van der Waals surface area contributed by atoms with Crippen LogP contribution in [0.15, 0.2) is 47.0 Å². The normalized spacial score (nSPS) is 20.6. The van der Waals surface area contributed by atoms with Gasteiger partial charge in [-0.15, -0.1) is 0 Å². The molecule has 2 atom stereocenters. The summed E-state index contributed by atoms with van der Waals surface area (Å²) in [5.74, 6) is 1.23. The van der Waals surface area contributed by atoms with Gasteiger partial charge in [-0.05, 0) is 42.3 Å². The highest BCUT2D eigenvalue weighted by molar-refractivity contribution is 5.87. The van der Waals surface area contributed by atoms with Crippen molar-refractivity contribution in [3.63, 3.8) is 0 Å². The number of fused-ring (bicyclic) bond motifs is 1. The third-order valence-corrected chi connectivity index (χ3v) is 5.33. The van der Waals surface area contributed by atoms with Crippen molar-refractivity contribution in [2.75, 3.05) is 13.3 Å². The molecule has 1 aromatic heterocycles. The van der Waals surface area contributed by atoms with Crippen molar-refractivity contribution in [3.8, 4) is 22.9 Å². The van der Waals surface area contributed by atoms with Crippen LogP contribution in [0.3, 0.4) is 0 Å². The van der Waals surface area contributed by atoms with E-state index >= 15 is 0 Å². The second-order valence-corrected chi connectivity index (χ2v) is 7.36. The molecule has 2 unspecified atom stereocenters. The molecule has 0 radical (unpaired) electrons. The summed E-state index contributed by atoms with van der Waals surface area (Å²) in [6, 6.07) is 11.9. The molecule has 1 saturated heterocycles. The lowest BCUT2D eigenvalue weighted by atomic mass is 10.1. The number of aromatic carboxylic acids is 1. The van der Waals surface area contributed by atoms with Crippen molar-refractivity contribution in [2.24, 2.45) is 0 Å². The molecule has 0 amide bonds. The lowest BCUT2D eigenvalue weighted by Gasteiger charge is -2.21. The predicted octanol–water partition coefficient (Wildman–Crippen LogP) is 2.47. The van der Waals surface area contributed by atoms with Gasteiger partial charge in [-0.25, -0.2) is 4.79 Å². The number of rotatable bonds is 5. The monoisotopic (exact) mass is 409 g/mol. The average molecular weight is 409 g/mol. The minimum Gasteiger partial charge on any atom is -0.478 e. The zero-order chi connectivity index (χ0) is 20.7. The number of carboxylic acid groups (broad SMARTS) is 1. The van der Waals surface area contributed by atoms with Crippen molar-refractivity contribution in [3.05, 3.63) is 59.5 Å². The van der Waals surface area contributed by atoms with Crippen LogP contribution in [0.2, 0.25) is 0 Å². The number of aliphatic hydroxyl groups excluding tert-OH is 1. The minimum atomic E-state index is -0.960. The van der Waals surface area contributed by atoms with Gasteiger partial charge in [-0.1, -0.05) is 17.3 Å². The first-order valence-electron chi connectivity index (χ1n) is 9.55. The highest BCUT2D eigenvalue weighted by Crippen LogP contribution is 2.37. The Labute approximate surface area is 171 Å². The van der Waals surface area contributed by atoms with E-state index in [4.69, 9.17) is 19.1 Å². The lowest BCUT2D eigenvalue weighted by molar-refractivity contribution is 0.0697. The van der Waals surface area contributed by atoms with Crippen molar-refractivity contribution in [2.45, 2.75) is 25.1 Å². The van der Waals surface area contributed by atoms with Crippen LogP contribution in [-0.2, 0) is 6.54 Å². The maximum absolute atomic E-state index is 11.0. The van der Waals surface area contributed by atoms with Crippen LogP contribution in [0.5, 0.6) is 11.5 Å². The Morgan fingerprint density at radius 1 is 1.13 bits per heavy atom. The maximum Gasteiger partial charge on any atom is 0.335 e. The molecule has 0 spiro atoms. The smallest absolute Gasteiger partial charge is 0.335 e. The molecule has 0 aliphatic carbocycles. The van der Waals surface area contributed by atoms with Gasteiger partial charge in [0.05, 0.1) is 17.7 Å². The van der Waals surface area contributed by atoms with Gasteiger partial charge in [0.2, 0.25) is 18.5 Å². The number of carboxylic acids is 1. The van der Waals surface area contributed by atoms with E-state index in [2.05, 4.69) is 15.0 Å². The Hall–Kier alpha value is -3.43. The number of ether oxygens (including phenoxy) is 2. The fourth-order valence-corrected chi connectivity index (χ4v) is 3.82. The second-order valence-electron chi connectivity index (χ2n) is 7.36. The molecule has 0 bridgehead atoms. The van der Waals surface area contributed by atoms with E-state index in [1.165, 1.54) is 0 Å². The van der Waals surface area contributed by atoms with Gasteiger partial charge >= 0.3 is 5.97 Å². The highest BCUT2D eigenvalue weighted by atomic mass is 16.7. The van der Waals surface area contributed by atoms with Gasteiger partial charge in [0.25, 0.3) is 0 Å². The molecule has 2 aromatic carbocycles. The van der Waals surface area contributed by atoms with E-state index in [1.807, 2.05) is 12.1 Å². The molecule has 2 N–H and O–H groups in total. The topological polar surface area (TPSA) is 118 Å². The number of aliphatic hydroxyl groups is 1. The van der Waals surface area contributed by atoms with Gasteiger partial charge < -0.3 is 24.2 Å². The zero-order valence-corrected chi connectivity index (χ0v) is 15.9. The predicted molar refractivity (Wildman–Crippen MR) is 103 cm³/mol. The summed E-state index contributed by atoms with van der Waals surface area (Å²) in [5.41, 5.74) is 1.93. The van der Waals surface area contributed by atoms with Crippen LogP contribution in [0, 0.1) is 0 Å². The Kier molecular flexibility index (Phi) is 4.61. The fourth-order valence-electron chi connectivity index (χ4n) is 3.82. The molecule has 9 heteroatoms. The molecule has 3 heterocycles. The summed E-state index contributed by atoms with van der Waals surface area (Å²) in [7, 11) is 0. The van der Waals surface area contributed by atoms with Gasteiger partial charge in [-0.2, -0.15) is 4.98 Å². The summed E-state index contributed by atoms with van der Waals surface area (Å²) in [5, 5.41) is 23.4. The number of benzene rings is 2. The van der Waals surface area contributed by atoms with E-state index < -0.39 is 12.1 Å². The van der Waals surface area contributed by atoms with Crippen molar-refractivity contribution in [1.29, 1.82) is 0 Å². The first kappa shape index (κ1) is 18.6. The highest BCUT2D eigenvalue weighted by Gasteiger charge is 2.36. The van der Waals surface area contributed by atoms with Gasteiger partial charge in [0.1, 0.15) is 0 Å². The molecule has 30 heavy (non-hydrogen) atoms. The standard InChI is InChI=1S/C21H19N3O6/c25-15-8-16(24(10-15)9-12-1-3-13(4-2-12)21(26)27)20-22-19(23-30-20)14-5-6-17-18(7-14)29-11-28-17/h1-7,15-16,25H,8-11H2,(H,26,27). The Morgan fingerprint density at radius 3 is 2.73 bits per heavy atom. The van der Waals surface area contributed by atoms with Crippen LogP contribution < -0.4 is 9.47 Å². The van der Waals surface area contributed by atoms with Crippen molar-refractivity contribution >= 4 is 5.97 Å². The van der Waals surface area contributed by atoms with E-state index in [-0.39, 0.29) is 18.4 Å². The summed E-state index contributed by atoms with van der Waals surface area (Å²) in [6.45, 7) is 1.19. The number of carbonyl (C=O) groups is 1. The zero-order valence-electron chi connectivity index (χ0n) is 15.9. The summed E-state index contributed by atoms with van der Waals surface area (Å²) < 4.78 is 16.3. The lowest BCUT2D eigenvalue weighted by Crippen LogP contribution is -2.24. The van der Waals surface area contributed by atoms with Gasteiger partial charge in [0, 0.05) is 18.7 Å². The average Bonchev–Trinajstić information content (AvgIpc) is 3.47. The summed E-state index contributed by atoms with van der Waals surface area (Å²) in [4.78, 5) is 17.6. The van der Waals surface area contributed by atoms with Crippen molar-refractivity contribution in [1.82, 2.24) is 15.0 Å². The van der Waals surface area contributed by atoms with Crippen molar-refractivity contribution < 1.29 is 29.0 Å². The molecule has 2 aliphatic heterocycles. The van der Waals surface area contributed by atoms with E-state index in [0.29, 0.717) is 42.7 Å². The number of hydrogen-bond acceptors (Lipinski definition) is 8. The Balaban J connectivity index is 1.35. The third kappa shape index (κ3) is 3.49. The first-order chi connectivity index (χ1) is 14.6. The van der Waals surface area contributed by atoms with Crippen LogP contribution >= 0.6 is 0 Å². The van der Waals surface area contributed by atoms with E-state index in [0.717, 1.165) is 11.1 Å². The molecular formula is C21H19N3O6. The van der Waals surface area contributed by atoms with Crippen LogP contribution in [0.4, 0.5) is 0 Å². The molecular weight excluding hydrogens is 390 g/mol. The third-order valence-electron chi connectivity index (χ3n) is 5.33. The number of likely N-dealkylation sites (tertiary alicyclic amines) is 1. The molecule has 5 rings (SSSR count). The SMILES string of the molecule is O=C(O)c1ccc(CN2CC(O)CC2c2nc(-c3ccc4c(c3)OCO4)no2)cc1. The largest absolute Gasteiger partial charge is 0.478 e. The minimum absolute atomic E-state index is 0.193. The second kappa shape index (κ2) is 7.43. The summed E-state index contributed by atoms with van der Waals surface area (Å²) in [6.07, 6.45) is -0.0233. The number of aromatic nitrogens is 2. The van der Waals surface area contributed by atoms with E-state index in [9.17, 15) is 9.90 Å². The number of nitrogens with zero attached hydrogens (tertiary/aromatic N) is 3. The maximum atomic E-state index is 11.0. The fraction of sp³-hybridized carbons (Fsp3) is 0.286.